The molecule has 4 aromatic heterocycles. The average molecular weight is 428 g/mol. The van der Waals surface area contributed by atoms with Gasteiger partial charge in [0.2, 0.25) is 11.7 Å². The van der Waals surface area contributed by atoms with Gasteiger partial charge < -0.3 is 18.7 Å². The summed E-state index contributed by atoms with van der Waals surface area (Å²) in [5.41, 5.74) is 3.81. The van der Waals surface area contributed by atoms with Crippen molar-refractivity contribution in [2.45, 2.75) is 19.4 Å². The fraction of sp³-hybridized carbons (Fsp3) is 0.217. The molecule has 1 aromatic carbocycles. The van der Waals surface area contributed by atoms with E-state index < -0.39 is 6.04 Å². The Labute approximate surface area is 182 Å². The van der Waals surface area contributed by atoms with Crippen molar-refractivity contribution in [1.29, 1.82) is 0 Å². The van der Waals surface area contributed by atoms with Crippen LogP contribution in [0.3, 0.4) is 0 Å². The normalized spacial score (nSPS) is 15.9. The average Bonchev–Trinajstić information content (AvgIpc) is 3.57. The van der Waals surface area contributed by atoms with Gasteiger partial charge in [0.25, 0.3) is 5.91 Å². The van der Waals surface area contributed by atoms with Crippen LogP contribution in [0.15, 0.2) is 57.9 Å². The summed E-state index contributed by atoms with van der Waals surface area (Å²) in [5.74, 6) is 1.00. The first-order chi connectivity index (χ1) is 15.6. The molecule has 160 valence electrons. The number of para-hydroxylation sites is 1. The molecular formula is C23H20N6O3. The van der Waals surface area contributed by atoms with Crippen molar-refractivity contribution in [3.63, 3.8) is 0 Å². The lowest BCUT2D eigenvalue weighted by molar-refractivity contribution is 0.0640. The molecule has 0 saturated carbocycles. The number of aromatic nitrogens is 5. The summed E-state index contributed by atoms with van der Waals surface area (Å²) in [5, 5.41) is 5.13. The Morgan fingerprint density at radius 1 is 1.25 bits per heavy atom. The van der Waals surface area contributed by atoms with Crippen molar-refractivity contribution < 1.29 is 13.6 Å². The van der Waals surface area contributed by atoms with Gasteiger partial charge in [-0.1, -0.05) is 18.2 Å². The van der Waals surface area contributed by atoms with Gasteiger partial charge in [0.1, 0.15) is 17.4 Å². The van der Waals surface area contributed by atoms with E-state index in [9.17, 15) is 4.79 Å². The number of amides is 1. The van der Waals surface area contributed by atoms with Crippen LogP contribution < -0.4 is 0 Å². The van der Waals surface area contributed by atoms with Crippen molar-refractivity contribution >= 4 is 16.9 Å². The van der Waals surface area contributed by atoms with E-state index in [2.05, 4.69) is 20.1 Å². The maximum Gasteiger partial charge on any atom is 0.292 e. The number of benzene rings is 1. The Morgan fingerprint density at radius 3 is 2.94 bits per heavy atom. The highest BCUT2D eigenvalue weighted by Gasteiger charge is 2.38. The van der Waals surface area contributed by atoms with E-state index in [4.69, 9.17) is 8.83 Å². The molecule has 0 saturated heterocycles. The summed E-state index contributed by atoms with van der Waals surface area (Å²) >= 11 is 0. The molecule has 9 heteroatoms. The second-order valence-electron chi connectivity index (χ2n) is 7.94. The van der Waals surface area contributed by atoms with E-state index in [0.717, 1.165) is 27.9 Å². The van der Waals surface area contributed by atoms with E-state index in [1.807, 2.05) is 37.4 Å². The molecule has 0 aliphatic carbocycles. The molecule has 1 aliphatic heterocycles. The highest BCUT2D eigenvalue weighted by molar-refractivity contribution is 5.93. The molecular weight excluding hydrogens is 408 g/mol. The number of carbonyl (C=O) groups excluding carboxylic acids is 1. The van der Waals surface area contributed by atoms with Gasteiger partial charge in [-0.15, -0.1) is 0 Å². The van der Waals surface area contributed by atoms with Gasteiger partial charge >= 0.3 is 0 Å². The molecule has 1 atom stereocenters. The van der Waals surface area contributed by atoms with Crippen molar-refractivity contribution in [3.8, 4) is 11.5 Å². The first-order valence-electron chi connectivity index (χ1n) is 10.4. The molecule has 0 bridgehead atoms. The summed E-state index contributed by atoms with van der Waals surface area (Å²) in [7, 11) is 1.82. The van der Waals surface area contributed by atoms with Gasteiger partial charge in [0.05, 0.1) is 29.5 Å². The summed E-state index contributed by atoms with van der Waals surface area (Å²) in [6, 6.07) is 9.30. The largest absolute Gasteiger partial charge is 0.458 e. The highest BCUT2D eigenvalue weighted by atomic mass is 16.4. The number of nitrogens with zero attached hydrogens (tertiary/aromatic N) is 5. The van der Waals surface area contributed by atoms with E-state index >= 15 is 0 Å². The van der Waals surface area contributed by atoms with Crippen LogP contribution in [-0.2, 0) is 13.5 Å². The summed E-state index contributed by atoms with van der Waals surface area (Å²) in [6.07, 6.45) is 5.79. The first-order valence-corrected chi connectivity index (χ1v) is 10.4. The van der Waals surface area contributed by atoms with Crippen LogP contribution >= 0.6 is 0 Å². The smallest absolute Gasteiger partial charge is 0.292 e. The zero-order chi connectivity index (χ0) is 21.8. The van der Waals surface area contributed by atoms with E-state index in [1.54, 1.807) is 35.2 Å². The molecule has 0 unspecified atom stereocenters. The summed E-state index contributed by atoms with van der Waals surface area (Å²) in [6.45, 7) is 2.27. The highest BCUT2D eigenvalue weighted by Crippen LogP contribution is 2.37. The number of rotatable bonds is 3. The van der Waals surface area contributed by atoms with Gasteiger partial charge in [0.15, 0.2) is 0 Å². The summed E-state index contributed by atoms with van der Waals surface area (Å²) in [4.78, 5) is 27.6. The van der Waals surface area contributed by atoms with Gasteiger partial charge in [-0.2, -0.15) is 5.10 Å². The number of fused-ring (bicyclic) bond motifs is 2. The molecule has 0 radical (unpaired) electrons. The lowest BCUT2D eigenvalue weighted by atomic mass is 9.99. The number of hydrogen-bond donors (Lipinski definition) is 1. The van der Waals surface area contributed by atoms with Crippen molar-refractivity contribution in [3.05, 3.63) is 77.7 Å². The third-order valence-corrected chi connectivity index (χ3v) is 5.84. The zero-order valence-corrected chi connectivity index (χ0v) is 17.6. The van der Waals surface area contributed by atoms with Crippen LogP contribution in [0.2, 0.25) is 0 Å². The number of oxazole rings is 1. The monoisotopic (exact) mass is 428 g/mol. The maximum atomic E-state index is 13.7. The quantitative estimate of drug-likeness (QED) is 0.470. The maximum absolute atomic E-state index is 13.7. The standard InChI is InChI=1S/C23H20N6O3/c1-13-21(32-22(27-13)15-10-26-28(2)11-15)23(30)29-8-7-16-19(25-12-24-16)20(29)18-9-14-5-3-4-6-17(14)31-18/h3-6,9-12,20H,7-8H2,1-2H3,(H,24,25)/t20-/m1/s1. The minimum atomic E-state index is -0.462. The van der Waals surface area contributed by atoms with Crippen molar-refractivity contribution in [1.82, 2.24) is 29.6 Å². The lowest BCUT2D eigenvalue weighted by Gasteiger charge is -2.33. The molecule has 1 N–H and O–H groups in total. The summed E-state index contributed by atoms with van der Waals surface area (Å²) < 4.78 is 13.7. The van der Waals surface area contributed by atoms with Crippen LogP contribution in [-0.4, -0.2) is 42.1 Å². The second kappa shape index (κ2) is 6.94. The van der Waals surface area contributed by atoms with Gasteiger partial charge in [-0.25, -0.2) is 9.97 Å². The Morgan fingerprint density at radius 2 is 2.12 bits per heavy atom. The molecule has 5 heterocycles. The molecule has 1 aliphatic rings. The Kier molecular flexibility index (Phi) is 4.04. The molecule has 5 aromatic rings. The number of H-pyrrole nitrogens is 1. The number of imidazole rings is 1. The predicted molar refractivity (Wildman–Crippen MR) is 115 cm³/mol. The fourth-order valence-corrected chi connectivity index (χ4v) is 4.30. The molecule has 0 fully saturated rings. The van der Waals surface area contributed by atoms with Crippen LogP contribution in [0.5, 0.6) is 0 Å². The number of hydrogen-bond acceptors (Lipinski definition) is 6. The molecule has 0 spiro atoms. The molecule has 9 nitrogen and oxygen atoms in total. The molecule has 1 amide bonds. The number of aryl methyl sites for hydroxylation is 2. The number of furan rings is 1. The molecule has 32 heavy (non-hydrogen) atoms. The third kappa shape index (κ3) is 2.85. The Bertz CT molecular complexity index is 1420. The van der Waals surface area contributed by atoms with Crippen LogP contribution in [0.1, 0.15) is 39.4 Å². The fourth-order valence-electron chi connectivity index (χ4n) is 4.30. The van der Waals surface area contributed by atoms with E-state index in [-0.39, 0.29) is 11.7 Å². The number of nitrogens with one attached hydrogen (secondary N) is 1. The third-order valence-electron chi connectivity index (χ3n) is 5.84. The van der Waals surface area contributed by atoms with Crippen LogP contribution in [0.4, 0.5) is 0 Å². The second-order valence-corrected chi connectivity index (χ2v) is 7.94. The minimum Gasteiger partial charge on any atom is -0.458 e. The lowest BCUT2D eigenvalue weighted by Crippen LogP contribution is -2.40. The Balaban J connectivity index is 1.42. The van der Waals surface area contributed by atoms with Crippen LogP contribution in [0, 0.1) is 6.92 Å². The van der Waals surface area contributed by atoms with Gasteiger partial charge in [-0.05, 0) is 19.1 Å². The topological polar surface area (TPSA) is 106 Å². The van der Waals surface area contributed by atoms with E-state index in [0.29, 0.717) is 30.3 Å². The number of carbonyl (C=O) groups is 1. The van der Waals surface area contributed by atoms with Crippen molar-refractivity contribution in [2.75, 3.05) is 6.54 Å². The van der Waals surface area contributed by atoms with Gasteiger partial charge in [-0.3, -0.25) is 9.48 Å². The van der Waals surface area contributed by atoms with Crippen molar-refractivity contribution in [2.24, 2.45) is 7.05 Å². The zero-order valence-electron chi connectivity index (χ0n) is 17.6. The first kappa shape index (κ1) is 18.6. The minimum absolute atomic E-state index is 0.212. The van der Waals surface area contributed by atoms with E-state index in [1.165, 1.54) is 0 Å². The predicted octanol–water partition coefficient (Wildman–Crippen LogP) is 3.64. The van der Waals surface area contributed by atoms with Gasteiger partial charge in [0, 0.05) is 37.3 Å². The number of aromatic amines is 1. The Hall–Kier alpha value is -4.14. The SMILES string of the molecule is Cc1nc(-c2cnn(C)c2)oc1C(=O)N1CCc2[nH]cnc2[C@H]1c1cc2ccccc2o1. The molecule has 6 rings (SSSR count). The van der Waals surface area contributed by atoms with Crippen LogP contribution in [0.25, 0.3) is 22.4 Å².